The van der Waals surface area contributed by atoms with E-state index in [4.69, 9.17) is 4.52 Å². The minimum absolute atomic E-state index is 0.184. The predicted octanol–water partition coefficient (Wildman–Crippen LogP) is 3.10. The molecular formula is C13H15BrN4O. The van der Waals surface area contributed by atoms with E-state index in [9.17, 15) is 0 Å². The van der Waals surface area contributed by atoms with Crippen LogP contribution in [0.1, 0.15) is 37.6 Å². The zero-order valence-electron chi connectivity index (χ0n) is 10.5. The van der Waals surface area contributed by atoms with Gasteiger partial charge in [0.05, 0.1) is 6.04 Å². The molecule has 0 amide bonds. The maximum Gasteiger partial charge on any atom is 0.244 e. The van der Waals surface area contributed by atoms with Gasteiger partial charge in [-0.25, -0.2) is 0 Å². The van der Waals surface area contributed by atoms with Crippen LogP contribution in [0, 0.1) is 0 Å². The van der Waals surface area contributed by atoms with E-state index < -0.39 is 0 Å². The Balaban J connectivity index is 1.82. The van der Waals surface area contributed by atoms with E-state index in [1.807, 2.05) is 6.07 Å². The van der Waals surface area contributed by atoms with Crippen molar-refractivity contribution in [1.29, 1.82) is 0 Å². The fraction of sp³-hybridized carbons (Fsp3) is 0.462. The summed E-state index contributed by atoms with van der Waals surface area (Å²) in [7, 11) is 0. The second kappa shape index (κ2) is 5.79. The minimum Gasteiger partial charge on any atom is -0.337 e. The monoisotopic (exact) mass is 322 g/mol. The van der Waals surface area contributed by atoms with Gasteiger partial charge in [0.1, 0.15) is 0 Å². The Morgan fingerprint density at radius 1 is 1.26 bits per heavy atom. The number of halogens is 1. The fourth-order valence-corrected chi connectivity index (χ4v) is 2.63. The zero-order chi connectivity index (χ0) is 13.1. The number of rotatable bonds is 2. The van der Waals surface area contributed by atoms with Gasteiger partial charge in [-0.05, 0) is 41.4 Å². The van der Waals surface area contributed by atoms with Crippen molar-refractivity contribution in [3.63, 3.8) is 0 Å². The van der Waals surface area contributed by atoms with Gasteiger partial charge < -0.3 is 9.84 Å². The van der Waals surface area contributed by atoms with Crippen LogP contribution < -0.4 is 5.32 Å². The number of aromatic nitrogens is 3. The summed E-state index contributed by atoms with van der Waals surface area (Å²) in [5.74, 6) is 1.27. The summed E-state index contributed by atoms with van der Waals surface area (Å²) in [6.07, 6.45) is 8.20. The molecule has 3 heterocycles. The van der Waals surface area contributed by atoms with Crippen LogP contribution in [0.15, 0.2) is 27.5 Å². The lowest BCUT2D eigenvalue weighted by Crippen LogP contribution is -2.20. The molecule has 0 spiro atoms. The maximum atomic E-state index is 5.39. The average molecular weight is 323 g/mol. The summed E-state index contributed by atoms with van der Waals surface area (Å²) in [5.41, 5.74) is 0.859. The molecule has 100 valence electrons. The third-order valence-electron chi connectivity index (χ3n) is 3.26. The second-order valence-corrected chi connectivity index (χ2v) is 5.62. The smallest absolute Gasteiger partial charge is 0.244 e. The number of nitrogens with one attached hydrogen (secondary N) is 1. The van der Waals surface area contributed by atoms with Gasteiger partial charge in [-0.2, -0.15) is 4.98 Å². The molecule has 0 saturated carbocycles. The molecule has 1 aliphatic rings. The Bertz CT molecular complexity index is 549. The molecule has 1 N–H and O–H groups in total. The first-order valence-electron chi connectivity index (χ1n) is 6.51. The van der Waals surface area contributed by atoms with Gasteiger partial charge >= 0.3 is 0 Å². The quantitative estimate of drug-likeness (QED) is 0.920. The van der Waals surface area contributed by atoms with Crippen LogP contribution in [-0.4, -0.2) is 21.7 Å². The first-order chi connectivity index (χ1) is 9.33. The number of hydrogen-bond acceptors (Lipinski definition) is 5. The van der Waals surface area contributed by atoms with Gasteiger partial charge in [-0.1, -0.05) is 18.0 Å². The molecule has 1 aliphatic heterocycles. The summed E-state index contributed by atoms with van der Waals surface area (Å²) < 4.78 is 6.29. The topological polar surface area (TPSA) is 63.8 Å². The van der Waals surface area contributed by atoms with E-state index in [1.165, 1.54) is 19.3 Å². The standard InChI is InChI=1S/C13H15BrN4O/c14-10-6-9(7-15-8-10)12-17-13(19-18-12)11-4-2-1-3-5-16-11/h6-8,11,16H,1-5H2. The van der Waals surface area contributed by atoms with Gasteiger partial charge in [0, 0.05) is 22.4 Å². The van der Waals surface area contributed by atoms with E-state index in [-0.39, 0.29) is 6.04 Å². The summed E-state index contributed by atoms with van der Waals surface area (Å²) in [6.45, 7) is 1.01. The SMILES string of the molecule is Brc1cncc(-c2noc(C3CCCCCN3)n2)c1. The lowest BCUT2D eigenvalue weighted by molar-refractivity contribution is 0.327. The van der Waals surface area contributed by atoms with Crippen molar-refractivity contribution < 1.29 is 4.52 Å². The fourth-order valence-electron chi connectivity index (χ4n) is 2.27. The molecule has 1 fully saturated rings. The van der Waals surface area contributed by atoms with Crippen molar-refractivity contribution in [2.24, 2.45) is 0 Å². The predicted molar refractivity (Wildman–Crippen MR) is 74.4 cm³/mol. The lowest BCUT2D eigenvalue weighted by atomic mass is 10.1. The maximum absolute atomic E-state index is 5.39. The van der Waals surface area contributed by atoms with Crippen LogP contribution in [0.3, 0.4) is 0 Å². The summed E-state index contributed by atoms with van der Waals surface area (Å²) in [6, 6.07) is 2.12. The molecular weight excluding hydrogens is 308 g/mol. The Kier molecular flexibility index (Phi) is 3.89. The largest absolute Gasteiger partial charge is 0.337 e. The normalized spacial score (nSPS) is 20.2. The lowest BCUT2D eigenvalue weighted by Gasteiger charge is -2.09. The van der Waals surface area contributed by atoms with Crippen LogP contribution in [0.4, 0.5) is 0 Å². The first kappa shape index (κ1) is 12.7. The molecule has 1 atom stereocenters. The van der Waals surface area contributed by atoms with Gasteiger partial charge in [0.25, 0.3) is 0 Å². The van der Waals surface area contributed by atoms with Gasteiger partial charge in [0.15, 0.2) is 0 Å². The van der Waals surface area contributed by atoms with Crippen LogP contribution in [0.25, 0.3) is 11.4 Å². The van der Waals surface area contributed by atoms with E-state index in [0.717, 1.165) is 23.0 Å². The molecule has 2 aromatic rings. The van der Waals surface area contributed by atoms with Crippen molar-refractivity contribution in [3.05, 3.63) is 28.8 Å². The molecule has 1 saturated heterocycles. The number of hydrogen-bond donors (Lipinski definition) is 1. The number of nitrogens with zero attached hydrogens (tertiary/aromatic N) is 3. The highest BCUT2D eigenvalue weighted by Gasteiger charge is 2.20. The van der Waals surface area contributed by atoms with E-state index in [2.05, 4.69) is 36.4 Å². The van der Waals surface area contributed by atoms with Gasteiger partial charge in [-0.15, -0.1) is 0 Å². The molecule has 19 heavy (non-hydrogen) atoms. The number of pyridine rings is 1. The molecule has 0 radical (unpaired) electrons. The molecule has 0 aliphatic carbocycles. The Morgan fingerprint density at radius 2 is 2.21 bits per heavy atom. The van der Waals surface area contributed by atoms with Crippen LogP contribution in [0.2, 0.25) is 0 Å². The van der Waals surface area contributed by atoms with Gasteiger partial charge in [-0.3, -0.25) is 4.98 Å². The molecule has 6 heteroatoms. The Morgan fingerprint density at radius 3 is 3.11 bits per heavy atom. The van der Waals surface area contributed by atoms with Crippen molar-refractivity contribution in [2.75, 3.05) is 6.54 Å². The molecule has 2 aromatic heterocycles. The highest BCUT2D eigenvalue weighted by Crippen LogP contribution is 2.24. The zero-order valence-corrected chi connectivity index (χ0v) is 12.1. The molecule has 0 aromatic carbocycles. The third-order valence-corrected chi connectivity index (χ3v) is 3.70. The average Bonchev–Trinajstić information content (AvgIpc) is 2.75. The Labute approximate surface area is 119 Å². The molecule has 3 rings (SSSR count). The van der Waals surface area contributed by atoms with Crippen LogP contribution >= 0.6 is 15.9 Å². The van der Waals surface area contributed by atoms with E-state index in [1.54, 1.807) is 12.4 Å². The van der Waals surface area contributed by atoms with E-state index in [0.29, 0.717) is 11.7 Å². The van der Waals surface area contributed by atoms with Gasteiger partial charge in [0.2, 0.25) is 11.7 Å². The molecule has 5 nitrogen and oxygen atoms in total. The highest BCUT2D eigenvalue weighted by atomic mass is 79.9. The van der Waals surface area contributed by atoms with Crippen molar-refractivity contribution in [3.8, 4) is 11.4 Å². The highest BCUT2D eigenvalue weighted by molar-refractivity contribution is 9.10. The Hall–Kier alpha value is -1.27. The van der Waals surface area contributed by atoms with Crippen molar-refractivity contribution in [1.82, 2.24) is 20.4 Å². The second-order valence-electron chi connectivity index (χ2n) is 4.70. The molecule has 1 unspecified atom stereocenters. The summed E-state index contributed by atoms with van der Waals surface area (Å²) >= 11 is 3.39. The van der Waals surface area contributed by atoms with Crippen LogP contribution in [-0.2, 0) is 0 Å². The molecule has 0 bridgehead atoms. The minimum atomic E-state index is 0.184. The van der Waals surface area contributed by atoms with E-state index >= 15 is 0 Å². The summed E-state index contributed by atoms with van der Waals surface area (Å²) in [5, 5.41) is 7.50. The van der Waals surface area contributed by atoms with Crippen LogP contribution in [0.5, 0.6) is 0 Å². The first-order valence-corrected chi connectivity index (χ1v) is 7.30. The van der Waals surface area contributed by atoms with Crippen molar-refractivity contribution >= 4 is 15.9 Å². The third kappa shape index (κ3) is 3.01. The van der Waals surface area contributed by atoms with Crippen molar-refractivity contribution in [2.45, 2.75) is 31.7 Å². The summed E-state index contributed by atoms with van der Waals surface area (Å²) in [4.78, 5) is 8.60.